The third-order valence-corrected chi connectivity index (χ3v) is 1.52. The second-order valence-corrected chi connectivity index (χ2v) is 3.93. The van der Waals surface area contributed by atoms with Gasteiger partial charge in [0, 0.05) is 6.54 Å². The third-order valence-electron chi connectivity index (χ3n) is 0.700. The largest absolute Gasteiger partial charge is 0.466 e. The van der Waals surface area contributed by atoms with Gasteiger partial charge in [0.1, 0.15) is 0 Å². The Morgan fingerprint density at radius 1 is 1.55 bits per heavy atom. The standard InChI is InChI=1S/C4H7NS.H3O4P/c1-5-3-2-4-6-5;1-5(2,3)4/h2,4H,3H2,1H3;(H3,1,2,3,4). The molecule has 0 amide bonds. The van der Waals surface area contributed by atoms with Crippen LogP contribution < -0.4 is 0 Å². The van der Waals surface area contributed by atoms with Crippen molar-refractivity contribution in [1.29, 1.82) is 0 Å². The van der Waals surface area contributed by atoms with E-state index in [0.29, 0.717) is 0 Å². The Labute approximate surface area is 69.1 Å². The normalized spacial score (nSPS) is 17.8. The molecule has 66 valence electrons. The molecule has 0 fully saturated rings. The van der Waals surface area contributed by atoms with E-state index in [4.69, 9.17) is 19.2 Å². The molecule has 0 atom stereocenters. The summed E-state index contributed by atoms with van der Waals surface area (Å²) < 4.78 is 11.0. The lowest BCUT2D eigenvalue weighted by Crippen LogP contribution is -2.01. The lowest BCUT2D eigenvalue weighted by molar-refractivity contribution is 0.275. The van der Waals surface area contributed by atoms with Crippen molar-refractivity contribution in [1.82, 2.24) is 4.31 Å². The van der Waals surface area contributed by atoms with Gasteiger partial charge in [-0.05, 0) is 12.5 Å². The molecule has 3 N–H and O–H groups in total. The van der Waals surface area contributed by atoms with Crippen molar-refractivity contribution >= 4 is 19.8 Å². The fourth-order valence-electron chi connectivity index (χ4n) is 0.381. The highest BCUT2D eigenvalue weighted by molar-refractivity contribution is 8.00. The number of nitrogens with zero attached hydrogens (tertiary/aromatic N) is 1. The van der Waals surface area contributed by atoms with E-state index in [1.807, 2.05) is 0 Å². The Balaban J connectivity index is 0.000000187. The average Bonchev–Trinajstić information content (AvgIpc) is 2.12. The van der Waals surface area contributed by atoms with Crippen LogP contribution in [0.1, 0.15) is 0 Å². The van der Waals surface area contributed by atoms with Crippen LogP contribution >= 0.6 is 19.8 Å². The van der Waals surface area contributed by atoms with E-state index in [9.17, 15) is 0 Å². The van der Waals surface area contributed by atoms with Crippen LogP contribution in [0, 0.1) is 0 Å². The van der Waals surface area contributed by atoms with Crippen molar-refractivity contribution in [3.05, 3.63) is 11.5 Å². The molecule has 1 aliphatic heterocycles. The minimum Gasteiger partial charge on any atom is -0.303 e. The molecule has 1 aliphatic rings. The van der Waals surface area contributed by atoms with Crippen LogP contribution in [0.3, 0.4) is 0 Å². The Kier molecular flexibility index (Phi) is 4.99. The van der Waals surface area contributed by atoms with E-state index in [1.54, 1.807) is 11.9 Å². The van der Waals surface area contributed by atoms with Gasteiger partial charge in [-0.1, -0.05) is 18.0 Å². The zero-order valence-corrected chi connectivity index (χ0v) is 7.63. The van der Waals surface area contributed by atoms with Gasteiger partial charge in [0.15, 0.2) is 0 Å². The zero-order valence-electron chi connectivity index (χ0n) is 5.91. The molecule has 7 heteroatoms. The van der Waals surface area contributed by atoms with Crippen LogP contribution in [0.15, 0.2) is 11.5 Å². The first-order valence-corrected chi connectivity index (χ1v) is 5.11. The van der Waals surface area contributed by atoms with Crippen molar-refractivity contribution < 1.29 is 19.2 Å². The molecule has 0 spiro atoms. The summed E-state index contributed by atoms with van der Waals surface area (Å²) in [5.74, 6) is 0. The molecule has 0 aromatic rings. The Bertz CT molecular complexity index is 163. The first kappa shape index (κ1) is 11.2. The van der Waals surface area contributed by atoms with Crippen LogP contribution in [0.5, 0.6) is 0 Å². The summed E-state index contributed by atoms with van der Waals surface area (Å²) >= 11 is 1.75. The number of hydrogen-bond donors (Lipinski definition) is 3. The number of phosphoric acid groups is 1. The van der Waals surface area contributed by atoms with Gasteiger partial charge in [0.25, 0.3) is 0 Å². The average molecular weight is 199 g/mol. The highest BCUT2D eigenvalue weighted by Gasteiger charge is 2.00. The van der Waals surface area contributed by atoms with Gasteiger partial charge in [0.2, 0.25) is 0 Å². The molecule has 0 saturated heterocycles. The van der Waals surface area contributed by atoms with Crippen LogP contribution in [-0.2, 0) is 4.57 Å². The van der Waals surface area contributed by atoms with Crippen LogP contribution in [0.4, 0.5) is 0 Å². The molecule has 1 rings (SSSR count). The van der Waals surface area contributed by atoms with Crippen LogP contribution in [-0.4, -0.2) is 32.6 Å². The van der Waals surface area contributed by atoms with Crippen LogP contribution in [0.25, 0.3) is 0 Å². The van der Waals surface area contributed by atoms with E-state index in [-0.39, 0.29) is 0 Å². The summed E-state index contributed by atoms with van der Waals surface area (Å²) in [6, 6.07) is 0. The fourth-order valence-corrected chi connectivity index (χ4v) is 0.933. The van der Waals surface area contributed by atoms with E-state index < -0.39 is 7.82 Å². The summed E-state index contributed by atoms with van der Waals surface area (Å²) in [4.78, 5) is 21.6. The van der Waals surface area contributed by atoms with Crippen LogP contribution in [0.2, 0.25) is 0 Å². The smallest absolute Gasteiger partial charge is 0.303 e. The van der Waals surface area contributed by atoms with Crippen molar-refractivity contribution in [2.24, 2.45) is 0 Å². The molecule has 5 nitrogen and oxygen atoms in total. The maximum Gasteiger partial charge on any atom is 0.466 e. The van der Waals surface area contributed by atoms with E-state index in [0.717, 1.165) is 6.54 Å². The van der Waals surface area contributed by atoms with Crippen molar-refractivity contribution in [3.8, 4) is 0 Å². The van der Waals surface area contributed by atoms with Gasteiger partial charge in [-0.2, -0.15) is 0 Å². The number of likely N-dealkylation sites (N-methyl/N-ethyl adjacent to an activating group) is 1. The van der Waals surface area contributed by atoms with E-state index >= 15 is 0 Å². The number of rotatable bonds is 0. The van der Waals surface area contributed by atoms with Crippen molar-refractivity contribution in [3.63, 3.8) is 0 Å². The summed E-state index contributed by atoms with van der Waals surface area (Å²) in [5.41, 5.74) is 0. The quantitative estimate of drug-likeness (QED) is 0.381. The predicted molar refractivity (Wildman–Crippen MR) is 43.6 cm³/mol. The maximum atomic E-state index is 8.88. The molecule has 0 saturated carbocycles. The topological polar surface area (TPSA) is 81.0 Å². The zero-order chi connectivity index (χ0) is 8.91. The second-order valence-electron chi connectivity index (χ2n) is 1.80. The minimum absolute atomic E-state index is 1.10. The fraction of sp³-hybridized carbons (Fsp3) is 0.500. The maximum absolute atomic E-state index is 8.88. The van der Waals surface area contributed by atoms with Crippen molar-refractivity contribution in [2.45, 2.75) is 0 Å². The lowest BCUT2D eigenvalue weighted by atomic mass is 10.6. The Morgan fingerprint density at radius 2 is 2.00 bits per heavy atom. The summed E-state index contributed by atoms with van der Waals surface area (Å²) in [5, 5.41) is 2.10. The summed E-state index contributed by atoms with van der Waals surface area (Å²) in [7, 11) is -2.56. The van der Waals surface area contributed by atoms with Gasteiger partial charge in [0.05, 0.1) is 0 Å². The first-order chi connectivity index (χ1) is 4.89. The molecule has 11 heavy (non-hydrogen) atoms. The monoisotopic (exact) mass is 199 g/mol. The van der Waals surface area contributed by atoms with Gasteiger partial charge in [-0.25, -0.2) is 8.87 Å². The highest BCUT2D eigenvalue weighted by Crippen LogP contribution is 2.25. The minimum atomic E-state index is -4.64. The van der Waals surface area contributed by atoms with E-state index in [2.05, 4.69) is 22.8 Å². The molecule has 0 bridgehead atoms. The second kappa shape index (κ2) is 4.92. The predicted octanol–water partition coefficient (Wildman–Crippen LogP) is 0.165. The molecule has 0 unspecified atom stereocenters. The molecular weight excluding hydrogens is 189 g/mol. The highest BCUT2D eigenvalue weighted by atomic mass is 32.2. The molecule has 0 aliphatic carbocycles. The van der Waals surface area contributed by atoms with Gasteiger partial charge >= 0.3 is 7.82 Å². The SMILES string of the molecule is CN1CC=CS1.O=P(O)(O)O. The lowest BCUT2D eigenvalue weighted by Gasteiger charge is -1.99. The van der Waals surface area contributed by atoms with Gasteiger partial charge < -0.3 is 14.7 Å². The molecule has 0 aromatic heterocycles. The van der Waals surface area contributed by atoms with Crippen molar-refractivity contribution in [2.75, 3.05) is 13.6 Å². The molecule has 1 heterocycles. The molecule has 0 radical (unpaired) electrons. The summed E-state index contributed by atoms with van der Waals surface area (Å²) in [6.07, 6.45) is 2.14. The Hall–Kier alpha value is 0.160. The molecule has 0 aromatic carbocycles. The number of hydrogen-bond acceptors (Lipinski definition) is 3. The Morgan fingerprint density at radius 3 is 2.09 bits per heavy atom. The first-order valence-electron chi connectivity index (χ1n) is 2.71. The third kappa shape index (κ3) is 13.2. The molecular formula is C4H10NO4PS. The van der Waals surface area contributed by atoms with Gasteiger partial charge in [-0.15, -0.1) is 0 Å². The van der Waals surface area contributed by atoms with Gasteiger partial charge in [-0.3, -0.25) is 0 Å². The van der Waals surface area contributed by atoms with E-state index in [1.165, 1.54) is 0 Å². The summed E-state index contributed by atoms with van der Waals surface area (Å²) in [6.45, 7) is 1.10.